The molecule has 0 fully saturated rings. The Bertz CT molecular complexity index is 626. The normalized spacial score (nSPS) is 10.6. The molecule has 9 heteroatoms. The highest BCUT2D eigenvalue weighted by Gasteiger charge is 2.20. The van der Waals surface area contributed by atoms with E-state index in [-0.39, 0.29) is 10.7 Å². The van der Waals surface area contributed by atoms with Crippen LogP contribution in [0.4, 0.5) is 5.69 Å². The highest BCUT2D eigenvalue weighted by Crippen LogP contribution is 2.31. The Labute approximate surface area is 113 Å². The van der Waals surface area contributed by atoms with Gasteiger partial charge in [-0.2, -0.15) is 0 Å². The number of hydrogen-bond acceptors (Lipinski definition) is 7. The van der Waals surface area contributed by atoms with E-state index in [1.54, 1.807) is 13.1 Å². The second-order valence-electron chi connectivity index (χ2n) is 3.82. The van der Waals surface area contributed by atoms with E-state index in [1.807, 2.05) is 6.92 Å². The molecule has 0 unspecified atom stereocenters. The smallest absolute Gasteiger partial charge is 0.302 e. The van der Waals surface area contributed by atoms with Crippen LogP contribution >= 0.6 is 11.8 Å². The van der Waals surface area contributed by atoms with Gasteiger partial charge in [0.05, 0.1) is 4.92 Å². The van der Waals surface area contributed by atoms with E-state index in [1.165, 1.54) is 10.7 Å². The number of pyridine rings is 1. The molecule has 0 spiro atoms. The van der Waals surface area contributed by atoms with E-state index in [4.69, 9.17) is 5.84 Å². The Balaban J connectivity index is 2.37. The van der Waals surface area contributed by atoms with E-state index >= 15 is 0 Å². The van der Waals surface area contributed by atoms with Gasteiger partial charge in [-0.05, 0) is 24.2 Å². The fourth-order valence-electron chi connectivity index (χ4n) is 1.46. The summed E-state index contributed by atoms with van der Waals surface area (Å²) in [4.78, 5) is 14.6. The van der Waals surface area contributed by atoms with Gasteiger partial charge in [0.1, 0.15) is 0 Å². The lowest BCUT2D eigenvalue weighted by molar-refractivity contribution is -0.388. The minimum absolute atomic E-state index is 0.0638. The Morgan fingerprint density at radius 2 is 2.26 bits per heavy atom. The van der Waals surface area contributed by atoms with E-state index < -0.39 is 4.92 Å². The van der Waals surface area contributed by atoms with Crippen LogP contribution < -0.4 is 5.84 Å². The number of nitrogens with zero attached hydrogens (tertiary/aromatic N) is 5. The van der Waals surface area contributed by atoms with Crippen molar-refractivity contribution < 1.29 is 4.92 Å². The lowest BCUT2D eigenvalue weighted by Crippen LogP contribution is -2.13. The average molecular weight is 280 g/mol. The van der Waals surface area contributed by atoms with Crippen molar-refractivity contribution in [3.05, 3.63) is 33.8 Å². The molecule has 0 aliphatic heterocycles. The van der Waals surface area contributed by atoms with Gasteiger partial charge in [-0.15, -0.1) is 10.2 Å². The van der Waals surface area contributed by atoms with Gasteiger partial charge < -0.3 is 5.84 Å². The molecule has 0 aromatic carbocycles. The zero-order valence-corrected chi connectivity index (χ0v) is 11.2. The van der Waals surface area contributed by atoms with Gasteiger partial charge in [-0.3, -0.25) is 10.1 Å². The quantitative estimate of drug-likeness (QED) is 0.510. The van der Waals surface area contributed by atoms with Gasteiger partial charge >= 0.3 is 5.69 Å². The van der Waals surface area contributed by atoms with Crippen LogP contribution in [0.2, 0.25) is 0 Å². The summed E-state index contributed by atoms with van der Waals surface area (Å²) in [5.74, 6) is 6.40. The number of rotatable bonds is 4. The van der Waals surface area contributed by atoms with Crippen LogP contribution in [0.15, 0.2) is 22.4 Å². The maximum absolute atomic E-state index is 11.0. The molecule has 0 aliphatic rings. The second-order valence-corrected chi connectivity index (χ2v) is 4.77. The van der Waals surface area contributed by atoms with Crippen molar-refractivity contribution in [2.75, 3.05) is 5.84 Å². The van der Waals surface area contributed by atoms with Crippen molar-refractivity contribution in [3.63, 3.8) is 0 Å². The summed E-state index contributed by atoms with van der Waals surface area (Å²) in [6.07, 6.45) is 2.20. The minimum Gasteiger partial charge on any atom is -0.336 e. The van der Waals surface area contributed by atoms with Crippen LogP contribution in [0.5, 0.6) is 0 Å². The van der Waals surface area contributed by atoms with Crippen LogP contribution in [0.3, 0.4) is 0 Å². The zero-order chi connectivity index (χ0) is 14.0. The van der Waals surface area contributed by atoms with Gasteiger partial charge in [0, 0.05) is 18.7 Å². The van der Waals surface area contributed by atoms with Crippen LogP contribution in [-0.4, -0.2) is 24.8 Å². The Morgan fingerprint density at radius 1 is 1.53 bits per heavy atom. The van der Waals surface area contributed by atoms with Crippen molar-refractivity contribution in [3.8, 4) is 0 Å². The molecule has 2 aromatic rings. The Morgan fingerprint density at radius 3 is 2.84 bits per heavy atom. The zero-order valence-electron chi connectivity index (χ0n) is 10.4. The first-order chi connectivity index (χ1) is 9.02. The number of aromatic nitrogens is 4. The van der Waals surface area contributed by atoms with Crippen LogP contribution in [0.1, 0.15) is 18.3 Å². The van der Waals surface area contributed by atoms with Crippen LogP contribution in [0.25, 0.3) is 0 Å². The summed E-state index contributed by atoms with van der Waals surface area (Å²) >= 11 is 1.03. The van der Waals surface area contributed by atoms with E-state index in [9.17, 15) is 10.1 Å². The van der Waals surface area contributed by atoms with E-state index in [2.05, 4.69) is 15.2 Å². The second kappa shape index (κ2) is 5.22. The summed E-state index contributed by atoms with van der Waals surface area (Å²) in [7, 11) is 0. The number of nitrogen functional groups attached to an aromatic ring is 1. The monoisotopic (exact) mass is 280 g/mol. The Hall–Kier alpha value is -2.16. The van der Waals surface area contributed by atoms with Crippen molar-refractivity contribution in [2.45, 2.75) is 30.5 Å². The molecule has 100 valence electrons. The van der Waals surface area contributed by atoms with E-state index in [0.29, 0.717) is 17.4 Å². The summed E-state index contributed by atoms with van der Waals surface area (Å²) in [6, 6.07) is 1.47. The predicted octanol–water partition coefficient (Wildman–Crippen LogP) is 1.32. The number of hydrogen-bond donors (Lipinski definition) is 1. The van der Waals surface area contributed by atoms with Gasteiger partial charge in [-0.1, -0.05) is 6.92 Å². The van der Waals surface area contributed by atoms with Crippen molar-refractivity contribution in [2.24, 2.45) is 0 Å². The summed E-state index contributed by atoms with van der Waals surface area (Å²) < 4.78 is 1.32. The maximum Gasteiger partial charge on any atom is 0.302 e. The minimum atomic E-state index is -0.472. The molecule has 0 atom stereocenters. The molecule has 0 aliphatic carbocycles. The van der Waals surface area contributed by atoms with Crippen molar-refractivity contribution in [1.82, 2.24) is 19.9 Å². The first-order valence-electron chi connectivity index (χ1n) is 5.51. The molecule has 2 N–H and O–H groups in total. The topological polar surface area (TPSA) is 113 Å². The molecule has 0 bridgehead atoms. The molecule has 0 amide bonds. The molecular weight excluding hydrogens is 268 g/mol. The molecular formula is C10H12N6O2S. The molecule has 19 heavy (non-hydrogen) atoms. The highest BCUT2D eigenvalue weighted by molar-refractivity contribution is 7.99. The molecule has 2 rings (SSSR count). The number of nitro groups is 1. The standard InChI is InChI=1S/C10H12N6O2S/c1-3-8-13-14-10(15(8)11)19-9-7(16(17)18)4-6(2)5-12-9/h4-5H,3,11H2,1-2H3. The average Bonchev–Trinajstić information content (AvgIpc) is 2.72. The van der Waals surface area contributed by atoms with Gasteiger partial charge in [0.15, 0.2) is 10.9 Å². The highest BCUT2D eigenvalue weighted by atomic mass is 32.2. The van der Waals surface area contributed by atoms with Crippen molar-refractivity contribution in [1.29, 1.82) is 0 Å². The Kier molecular flexibility index (Phi) is 3.65. The summed E-state index contributed by atoms with van der Waals surface area (Å²) in [5.41, 5.74) is 0.658. The lowest BCUT2D eigenvalue weighted by Gasteiger charge is -2.03. The molecule has 2 aromatic heterocycles. The van der Waals surface area contributed by atoms with Crippen molar-refractivity contribution >= 4 is 17.4 Å². The molecule has 2 heterocycles. The lowest BCUT2D eigenvalue weighted by atomic mass is 10.3. The molecule has 0 saturated heterocycles. The fourth-order valence-corrected chi connectivity index (χ4v) is 2.26. The SMILES string of the molecule is CCc1nnc(Sc2ncc(C)cc2[N+](=O)[O-])n1N. The maximum atomic E-state index is 11.0. The fraction of sp³-hybridized carbons (Fsp3) is 0.300. The third kappa shape index (κ3) is 2.65. The first-order valence-corrected chi connectivity index (χ1v) is 6.32. The molecule has 0 saturated carbocycles. The van der Waals surface area contributed by atoms with Crippen LogP contribution in [-0.2, 0) is 6.42 Å². The molecule has 8 nitrogen and oxygen atoms in total. The van der Waals surface area contributed by atoms with Gasteiger partial charge in [0.2, 0.25) is 5.16 Å². The summed E-state index contributed by atoms with van der Waals surface area (Å²) in [6.45, 7) is 3.64. The van der Waals surface area contributed by atoms with Crippen LogP contribution in [0, 0.1) is 17.0 Å². The first kappa shape index (κ1) is 13.3. The largest absolute Gasteiger partial charge is 0.336 e. The predicted molar refractivity (Wildman–Crippen MR) is 69.3 cm³/mol. The number of nitrogens with two attached hydrogens (primary N) is 1. The van der Waals surface area contributed by atoms with E-state index in [0.717, 1.165) is 17.3 Å². The van der Waals surface area contributed by atoms with Gasteiger partial charge in [-0.25, -0.2) is 9.66 Å². The third-order valence-corrected chi connectivity index (χ3v) is 3.37. The number of aryl methyl sites for hydroxylation is 2. The van der Waals surface area contributed by atoms with Gasteiger partial charge in [0.25, 0.3) is 0 Å². The summed E-state index contributed by atoms with van der Waals surface area (Å²) in [5, 5.41) is 19.4. The molecule has 0 radical (unpaired) electrons. The third-order valence-electron chi connectivity index (χ3n) is 2.40.